The highest BCUT2D eigenvalue weighted by Crippen LogP contribution is 2.47. The second kappa shape index (κ2) is 8.40. The van der Waals surface area contributed by atoms with Crippen molar-refractivity contribution < 1.29 is 0 Å². The van der Waals surface area contributed by atoms with Crippen molar-refractivity contribution in [3.63, 3.8) is 0 Å². The van der Waals surface area contributed by atoms with Crippen LogP contribution in [0.5, 0.6) is 0 Å². The highest BCUT2D eigenvalue weighted by Gasteiger charge is 2.25. The average molecular weight is 505 g/mol. The molecule has 5 aromatic rings. The number of rotatable bonds is 3. The first-order chi connectivity index (χ1) is 18.8. The zero-order chi connectivity index (χ0) is 25.1. The normalized spacial score (nSPS) is 12.1. The van der Waals surface area contributed by atoms with Crippen LogP contribution in [-0.2, 0) is 6.42 Å². The lowest BCUT2D eigenvalue weighted by molar-refractivity contribution is 0.877. The molecule has 0 spiro atoms. The molecule has 38 heavy (non-hydrogen) atoms. The van der Waals surface area contributed by atoms with Crippen LogP contribution in [0.1, 0.15) is 11.1 Å². The maximum atomic E-state index is 4.94. The van der Waals surface area contributed by atoms with Crippen LogP contribution in [-0.4, -0.2) is 19.8 Å². The van der Waals surface area contributed by atoms with Crippen LogP contribution in [0.4, 0.5) is 0 Å². The third-order valence-corrected chi connectivity index (χ3v) is 8.32. The zero-order valence-corrected chi connectivity index (χ0v) is 21.1. The van der Waals surface area contributed by atoms with E-state index in [9.17, 15) is 0 Å². The van der Waals surface area contributed by atoms with Gasteiger partial charge in [0.05, 0.1) is 4.88 Å². The molecule has 0 amide bonds. The predicted octanol–water partition coefficient (Wildman–Crippen LogP) is 8.16. The fraction of sp³-hybridized carbons (Fsp3) is 0.0303. The largest absolute Gasteiger partial charge is 0.190 e. The second-order valence-corrected chi connectivity index (χ2v) is 10.4. The van der Waals surface area contributed by atoms with Crippen LogP contribution in [0.15, 0.2) is 109 Å². The van der Waals surface area contributed by atoms with Gasteiger partial charge in [0.15, 0.2) is 0 Å². The quantitative estimate of drug-likeness (QED) is 0.244. The Kier molecular flexibility index (Phi) is 4.72. The molecule has 4 aromatic carbocycles. The molecule has 0 saturated heterocycles. The fourth-order valence-corrected chi connectivity index (χ4v) is 6.53. The zero-order valence-electron chi connectivity index (χ0n) is 20.3. The number of aromatic nitrogens is 4. The summed E-state index contributed by atoms with van der Waals surface area (Å²) in [6, 6.07) is 38.2. The number of nitrogens with zero attached hydrogens (tertiary/aromatic N) is 4. The first-order valence-corrected chi connectivity index (χ1v) is 13.4. The SMILES string of the molecule is c1ccc(-c2nnnc(-c3cc4c5ccc6c(c5cc-4sn3)Cc3ccccc3-6)c2-c2ccccc2)cc1. The third kappa shape index (κ3) is 3.22. The van der Waals surface area contributed by atoms with Crippen molar-refractivity contribution in [3.8, 4) is 55.3 Å². The smallest absolute Gasteiger partial charge is 0.124 e. The Morgan fingerprint density at radius 3 is 2.16 bits per heavy atom. The summed E-state index contributed by atoms with van der Waals surface area (Å²) in [6.45, 7) is 0. The molecule has 1 aliphatic heterocycles. The highest BCUT2D eigenvalue weighted by molar-refractivity contribution is 7.09. The molecule has 5 heteroatoms. The van der Waals surface area contributed by atoms with Crippen molar-refractivity contribution in [1.29, 1.82) is 0 Å². The van der Waals surface area contributed by atoms with E-state index in [0.717, 1.165) is 40.2 Å². The van der Waals surface area contributed by atoms with Gasteiger partial charge in [-0.15, -0.1) is 10.2 Å². The van der Waals surface area contributed by atoms with E-state index in [1.165, 1.54) is 55.0 Å². The van der Waals surface area contributed by atoms with Crippen LogP contribution in [0.3, 0.4) is 0 Å². The highest BCUT2D eigenvalue weighted by atomic mass is 32.1. The number of hydrogen-bond donors (Lipinski definition) is 0. The lowest BCUT2D eigenvalue weighted by Gasteiger charge is -2.13. The lowest BCUT2D eigenvalue weighted by Crippen LogP contribution is -2.01. The van der Waals surface area contributed by atoms with Crippen molar-refractivity contribution in [2.75, 3.05) is 0 Å². The van der Waals surface area contributed by atoms with E-state index in [0.29, 0.717) is 0 Å². The Balaban J connectivity index is 1.35. The maximum Gasteiger partial charge on any atom is 0.124 e. The Hall–Kier alpha value is -4.74. The molecular weight excluding hydrogens is 484 g/mol. The Morgan fingerprint density at radius 1 is 0.579 bits per heavy atom. The summed E-state index contributed by atoms with van der Waals surface area (Å²) in [4.78, 5) is 1.18. The molecule has 178 valence electrons. The topological polar surface area (TPSA) is 51.6 Å². The Labute approximate surface area is 223 Å². The molecule has 0 bridgehead atoms. The first kappa shape index (κ1) is 21.4. The van der Waals surface area contributed by atoms with Gasteiger partial charge in [0.1, 0.15) is 17.1 Å². The van der Waals surface area contributed by atoms with Crippen molar-refractivity contribution in [3.05, 3.63) is 120 Å². The number of benzene rings is 4. The van der Waals surface area contributed by atoms with Crippen molar-refractivity contribution in [2.24, 2.45) is 0 Å². The molecule has 0 atom stereocenters. The van der Waals surface area contributed by atoms with Gasteiger partial charge in [-0.25, -0.2) is 0 Å². The minimum absolute atomic E-state index is 0.742. The molecule has 0 radical (unpaired) electrons. The molecule has 2 heterocycles. The summed E-state index contributed by atoms with van der Waals surface area (Å²) >= 11 is 1.52. The summed E-state index contributed by atoms with van der Waals surface area (Å²) in [5.41, 5.74) is 12.0. The van der Waals surface area contributed by atoms with Gasteiger partial charge in [-0.3, -0.25) is 0 Å². The molecule has 0 fully saturated rings. The Morgan fingerprint density at radius 2 is 1.32 bits per heavy atom. The van der Waals surface area contributed by atoms with E-state index in [2.05, 4.69) is 88.2 Å². The standard InChI is InChI=1S/C33H20N4S/c1-3-9-20(10-4-1)31-32(21-11-5-2-6-12-21)34-37-35-33(31)29-18-28-25-16-15-24-23-14-8-7-13-22(23)17-26(24)27(25)19-30(28)38-36-29/h1-16,18-19H,17H2. The number of hydrogen-bond acceptors (Lipinski definition) is 5. The average Bonchev–Trinajstić information content (AvgIpc) is 3.56. The first-order valence-electron chi connectivity index (χ1n) is 12.6. The summed E-state index contributed by atoms with van der Waals surface area (Å²) in [6.07, 6.45) is 0.971. The summed E-state index contributed by atoms with van der Waals surface area (Å²) < 4.78 is 4.94. The summed E-state index contributed by atoms with van der Waals surface area (Å²) in [5, 5.41) is 15.8. The van der Waals surface area contributed by atoms with Crippen molar-refractivity contribution in [1.82, 2.24) is 19.8 Å². The molecular formula is C33H20N4S. The van der Waals surface area contributed by atoms with Crippen LogP contribution in [0.25, 0.3) is 66.1 Å². The molecule has 2 aliphatic carbocycles. The Bertz CT molecular complexity index is 1940. The van der Waals surface area contributed by atoms with E-state index in [4.69, 9.17) is 4.37 Å². The van der Waals surface area contributed by atoms with Crippen LogP contribution >= 0.6 is 11.5 Å². The van der Waals surface area contributed by atoms with Crippen LogP contribution in [0, 0.1) is 0 Å². The van der Waals surface area contributed by atoms with E-state index in [-0.39, 0.29) is 0 Å². The molecule has 8 rings (SSSR count). The van der Waals surface area contributed by atoms with Crippen molar-refractivity contribution >= 4 is 22.3 Å². The molecule has 4 nitrogen and oxygen atoms in total. The van der Waals surface area contributed by atoms with Gasteiger partial charge >= 0.3 is 0 Å². The van der Waals surface area contributed by atoms with E-state index < -0.39 is 0 Å². The molecule has 0 saturated carbocycles. The summed E-state index contributed by atoms with van der Waals surface area (Å²) in [5.74, 6) is 0. The third-order valence-electron chi connectivity index (χ3n) is 7.50. The van der Waals surface area contributed by atoms with Gasteiger partial charge in [0.25, 0.3) is 0 Å². The molecule has 1 aromatic heterocycles. The second-order valence-electron chi connectivity index (χ2n) is 9.61. The molecule has 0 N–H and O–H groups in total. The van der Waals surface area contributed by atoms with Crippen LogP contribution in [0.2, 0.25) is 0 Å². The van der Waals surface area contributed by atoms with E-state index in [1.807, 2.05) is 36.4 Å². The monoisotopic (exact) mass is 504 g/mol. The lowest BCUT2D eigenvalue weighted by atomic mass is 9.96. The van der Waals surface area contributed by atoms with Gasteiger partial charge in [-0.2, -0.15) is 4.37 Å². The van der Waals surface area contributed by atoms with Gasteiger partial charge in [-0.05, 0) is 73.9 Å². The van der Waals surface area contributed by atoms with Gasteiger partial charge in [-0.1, -0.05) is 97.1 Å². The predicted molar refractivity (Wildman–Crippen MR) is 154 cm³/mol. The van der Waals surface area contributed by atoms with E-state index in [1.54, 1.807) is 0 Å². The minimum atomic E-state index is 0.742. The van der Waals surface area contributed by atoms with Crippen molar-refractivity contribution in [2.45, 2.75) is 6.42 Å². The molecule has 3 aliphatic rings. The van der Waals surface area contributed by atoms with Gasteiger partial charge in [0, 0.05) is 16.7 Å². The minimum Gasteiger partial charge on any atom is -0.190 e. The number of fused-ring (bicyclic) bond motifs is 7. The van der Waals surface area contributed by atoms with Gasteiger partial charge in [0.2, 0.25) is 0 Å². The summed E-state index contributed by atoms with van der Waals surface area (Å²) in [7, 11) is 0. The van der Waals surface area contributed by atoms with Crippen LogP contribution < -0.4 is 0 Å². The van der Waals surface area contributed by atoms with E-state index >= 15 is 0 Å². The molecule has 0 unspecified atom stereocenters. The van der Waals surface area contributed by atoms with Gasteiger partial charge < -0.3 is 0 Å². The maximum absolute atomic E-state index is 4.94. The fourth-order valence-electron chi connectivity index (χ4n) is 5.75.